The molecule has 4 rings (SSSR count). The number of benzene rings is 2. The van der Waals surface area contributed by atoms with E-state index in [0.29, 0.717) is 6.54 Å². The van der Waals surface area contributed by atoms with Crippen LogP contribution >= 0.6 is 0 Å². The van der Waals surface area contributed by atoms with Gasteiger partial charge in [0.25, 0.3) is 5.56 Å². The summed E-state index contributed by atoms with van der Waals surface area (Å²) < 4.78 is 1.37. The molecule has 1 unspecified atom stereocenters. The second-order valence-electron chi connectivity index (χ2n) is 8.31. The standard InChI is InChI=1S/C25H27N3O3/c1-25(23(19-9-4-2-5-10-19)20-11-6-3-7-12-20)15-8-16-28(25)22(30)14-18-27-17-13-21(29)26-24(27)31/h2-7,9-13,17,23H,8,14-16,18H2,1H3,(H,26,29,31). The molecule has 0 saturated carbocycles. The van der Waals surface area contributed by atoms with Crippen molar-refractivity contribution in [3.8, 4) is 0 Å². The van der Waals surface area contributed by atoms with Gasteiger partial charge in [0.05, 0.1) is 5.54 Å². The largest absolute Gasteiger partial charge is 0.336 e. The van der Waals surface area contributed by atoms with E-state index in [9.17, 15) is 14.4 Å². The maximum absolute atomic E-state index is 13.3. The molecular weight excluding hydrogens is 390 g/mol. The Morgan fingerprint density at radius 1 is 1.00 bits per heavy atom. The predicted octanol–water partition coefficient (Wildman–Crippen LogP) is 3.14. The van der Waals surface area contributed by atoms with E-state index in [0.717, 1.165) is 12.8 Å². The van der Waals surface area contributed by atoms with Crippen LogP contribution in [0, 0.1) is 0 Å². The normalized spacial score (nSPS) is 18.5. The first kappa shape index (κ1) is 20.8. The number of nitrogens with one attached hydrogen (secondary N) is 1. The van der Waals surface area contributed by atoms with Crippen molar-refractivity contribution in [2.24, 2.45) is 0 Å². The van der Waals surface area contributed by atoms with Gasteiger partial charge in [0, 0.05) is 37.7 Å². The third kappa shape index (κ3) is 4.24. The molecule has 0 aliphatic carbocycles. The van der Waals surface area contributed by atoms with Crippen molar-refractivity contribution in [2.75, 3.05) is 6.54 Å². The first-order valence-corrected chi connectivity index (χ1v) is 10.7. The van der Waals surface area contributed by atoms with Crippen LogP contribution in [-0.2, 0) is 11.3 Å². The number of nitrogens with zero attached hydrogens (tertiary/aromatic N) is 2. The van der Waals surface area contributed by atoms with Crippen LogP contribution in [0.5, 0.6) is 0 Å². The molecule has 6 heteroatoms. The molecule has 0 radical (unpaired) electrons. The molecule has 0 spiro atoms. The Morgan fingerprint density at radius 2 is 1.61 bits per heavy atom. The minimum atomic E-state index is -0.490. The fraction of sp³-hybridized carbons (Fsp3) is 0.320. The molecule has 3 aromatic rings. The molecule has 160 valence electrons. The van der Waals surface area contributed by atoms with E-state index < -0.39 is 11.2 Å². The van der Waals surface area contributed by atoms with Gasteiger partial charge >= 0.3 is 5.69 Å². The molecule has 1 aromatic heterocycles. The van der Waals surface area contributed by atoms with E-state index in [1.807, 2.05) is 41.3 Å². The average Bonchev–Trinajstić information content (AvgIpc) is 3.16. The highest BCUT2D eigenvalue weighted by Crippen LogP contribution is 2.45. The Hall–Kier alpha value is -3.41. The van der Waals surface area contributed by atoms with Crippen LogP contribution in [0.1, 0.15) is 43.2 Å². The lowest BCUT2D eigenvalue weighted by Gasteiger charge is -2.42. The second kappa shape index (κ2) is 8.76. The van der Waals surface area contributed by atoms with Crippen molar-refractivity contribution in [1.29, 1.82) is 0 Å². The molecule has 0 bridgehead atoms. The van der Waals surface area contributed by atoms with Gasteiger partial charge in [-0.2, -0.15) is 0 Å². The van der Waals surface area contributed by atoms with E-state index in [4.69, 9.17) is 0 Å². The van der Waals surface area contributed by atoms with Gasteiger partial charge in [0.1, 0.15) is 0 Å². The van der Waals surface area contributed by atoms with Crippen LogP contribution in [0.2, 0.25) is 0 Å². The van der Waals surface area contributed by atoms with Crippen molar-refractivity contribution >= 4 is 5.91 Å². The number of hydrogen-bond acceptors (Lipinski definition) is 3. The number of aryl methyl sites for hydroxylation is 1. The molecule has 31 heavy (non-hydrogen) atoms. The van der Waals surface area contributed by atoms with Gasteiger partial charge in [-0.3, -0.25) is 14.6 Å². The topological polar surface area (TPSA) is 75.2 Å². The third-order valence-corrected chi connectivity index (χ3v) is 6.33. The molecule has 1 amide bonds. The molecule has 1 N–H and O–H groups in total. The Morgan fingerprint density at radius 3 is 2.19 bits per heavy atom. The van der Waals surface area contributed by atoms with E-state index in [-0.39, 0.29) is 30.3 Å². The Labute approximate surface area is 181 Å². The average molecular weight is 418 g/mol. The van der Waals surface area contributed by atoms with Crippen LogP contribution < -0.4 is 11.2 Å². The summed E-state index contributed by atoms with van der Waals surface area (Å²) in [5, 5.41) is 0. The molecule has 1 aliphatic rings. The Bertz CT molecular complexity index is 1110. The second-order valence-corrected chi connectivity index (χ2v) is 8.31. The zero-order valence-electron chi connectivity index (χ0n) is 17.7. The number of carbonyl (C=O) groups excluding carboxylic acids is 1. The first-order valence-electron chi connectivity index (χ1n) is 10.7. The quantitative estimate of drug-likeness (QED) is 0.670. The Balaban J connectivity index is 1.62. The maximum Gasteiger partial charge on any atom is 0.328 e. The van der Waals surface area contributed by atoms with Gasteiger partial charge in [0.15, 0.2) is 0 Å². The SMILES string of the molecule is CC1(C(c2ccccc2)c2ccccc2)CCCN1C(=O)CCn1ccc(=O)[nH]c1=O. The number of likely N-dealkylation sites (tertiary alicyclic amines) is 1. The van der Waals surface area contributed by atoms with Crippen molar-refractivity contribution in [3.63, 3.8) is 0 Å². The van der Waals surface area contributed by atoms with Crippen molar-refractivity contribution in [2.45, 2.75) is 44.2 Å². The van der Waals surface area contributed by atoms with Gasteiger partial charge in [-0.1, -0.05) is 60.7 Å². The van der Waals surface area contributed by atoms with Gasteiger partial charge < -0.3 is 9.47 Å². The van der Waals surface area contributed by atoms with Crippen molar-refractivity contribution in [1.82, 2.24) is 14.5 Å². The highest BCUT2D eigenvalue weighted by atomic mass is 16.2. The summed E-state index contributed by atoms with van der Waals surface area (Å²) >= 11 is 0. The minimum absolute atomic E-state index is 0.0231. The molecule has 1 atom stereocenters. The molecule has 1 saturated heterocycles. The number of amides is 1. The van der Waals surface area contributed by atoms with Crippen LogP contribution in [0.3, 0.4) is 0 Å². The number of aromatic amines is 1. The first-order chi connectivity index (χ1) is 15.0. The van der Waals surface area contributed by atoms with Crippen molar-refractivity contribution < 1.29 is 4.79 Å². The highest BCUT2D eigenvalue weighted by Gasteiger charge is 2.46. The van der Waals surface area contributed by atoms with E-state index in [1.165, 1.54) is 28.0 Å². The summed E-state index contributed by atoms with van der Waals surface area (Å²) in [6.07, 6.45) is 3.50. The maximum atomic E-state index is 13.3. The summed E-state index contributed by atoms with van der Waals surface area (Å²) in [6, 6.07) is 22.0. The van der Waals surface area contributed by atoms with Gasteiger partial charge in [-0.25, -0.2) is 4.79 Å². The molecule has 6 nitrogen and oxygen atoms in total. The van der Waals surface area contributed by atoms with Crippen molar-refractivity contribution in [3.05, 3.63) is 105 Å². The summed E-state index contributed by atoms with van der Waals surface area (Å²) in [6.45, 7) is 3.11. The summed E-state index contributed by atoms with van der Waals surface area (Å²) in [5.74, 6) is 0.0760. The zero-order chi connectivity index (χ0) is 21.8. The molecule has 2 aromatic carbocycles. The van der Waals surface area contributed by atoms with Crippen LogP contribution in [0.4, 0.5) is 0 Å². The van der Waals surface area contributed by atoms with E-state index >= 15 is 0 Å². The van der Waals surface area contributed by atoms with Gasteiger partial charge in [-0.15, -0.1) is 0 Å². The van der Waals surface area contributed by atoms with Gasteiger partial charge in [0.2, 0.25) is 5.91 Å². The third-order valence-electron chi connectivity index (χ3n) is 6.33. The van der Waals surface area contributed by atoms with Crippen LogP contribution in [0.25, 0.3) is 0 Å². The number of aromatic nitrogens is 2. The van der Waals surface area contributed by atoms with Crippen LogP contribution in [0.15, 0.2) is 82.5 Å². The fourth-order valence-corrected chi connectivity index (χ4v) is 4.87. The van der Waals surface area contributed by atoms with Gasteiger partial charge in [-0.05, 0) is 30.9 Å². The van der Waals surface area contributed by atoms with Crippen LogP contribution in [-0.4, -0.2) is 32.4 Å². The number of rotatable bonds is 6. The minimum Gasteiger partial charge on any atom is -0.336 e. The smallest absolute Gasteiger partial charge is 0.328 e. The number of carbonyl (C=O) groups is 1. The monoisotopic (exact) mass is 417 g/mol. The zero-order valence-corrected chi connectivity index (χ0v) is 17.7. The predicted molar refractivity (Wildman–Crippen MR) is 120 cm³/mol. The lowest BCUT2D eigenvalue weighted by Crippen LogP contribution is -2.49. The molecule has 1 aliphatic heterocycles. The fourth-order valence-electron chi connectivity index (χ4n) is 4.87. The van der Waals surface area contributed by atoms with E-state index in [1.54, 1.807) is 0 Å². The number of H-pyrrole nitrogens is 1. The lowest BCUT2D eigenvalue weighted by atomic mass is 9.74. The molecular formula is C25H27N3O3. The summed E-state index contributed by atoms with van der Waals surface area (Å²) in [7, 11) is 0. The Kier molecular flexibility index (Phi) is 5.89. The number of hydrogen-bond donors (Lipinski definition) is 1. The highest BCUT2D eigenvalue weighted by molar-refractivity contribution is 5.77. The molecule has 1 fully saturated rings. The lowest BCUT2D eigenvalue weighted by molar-refractivity contribution is -0.135. The molecule has 2 heterocycles. The summed E-state index contributed by atoms with van der Waals surface area (Å²) in [5.41, 5.74) is 1.08. The summed E-state index contributed by atoms with van der Waals surface area (Å²) in [4.78, 5) is 40.8. The van der Waals surface area contributed by atoms with E-state index in [2.05, 4.69) is 36.2 Å².